The van der Waals surface area contributed by atoms with E-state index in [2.05, 4.69) is 4.74 Å². The zero-order valence-corrected chi connectivity index (χ0v) is 5.44. The predicted octanol–water partition coefficient (Wildman–Crippen LogP) is 1.35. The Labute approximate surface area is 49.8 Å². The second-order valence-electron chi connectivity index (χ2n) is 1.32. The van der Waals surface area contributed by atoms with E-state index in [-0.39, 0.29) is 5.97 Å². The summed E-state index contributed by atoms with van der Waals surface area (Å²) in [6.07, 6.45) is 1.54. The monoisotopic (exact) mass is 116 g/mol. The van der Waals surface area contributed by atoms with Gasteiger partial charge in [0.25, 0.3) is 0 Å². The molecule has 1 saturated heterocycles. The average molecular weight is 116 g/mol. The first-order chi connectivity index (χ1) is 3.89. The van der Waals surface area contributed by atoms with Crippen molar-refractivity contribution in [3.8, 4) is 0 Å². The van der Waals surface area contributed by atoms with Gasteiger partial charge in [0, 0.05) is 6.42 Å². The summed E-state index contributed by atoms with van der Waals surface area (Å²) < 4.78 is 4.51. The maximum atomic E-state index is 10.0. The Balaban J connectivity index is 0.000000222. The molecule has 0 atom stereocenters. The van der Waals surface area contributed by atoms with Crippen molar-refractivity contribution in [3.63, 3.8) is 0 Å². The van der Waals surface area contributed by atoms with Crippen LogP contribution in [0.1, 0.15) is 26.7 Å². The number of cyclic esters (lactones) is 1. The summed E-state index contributed by atoms with van der Waals surface area (Å²) in [5.41, 5.74) is 0. The van der Waals surface area contributed by atoms with E-state index in [1.165, 1.54) is 0 Å². The third-order valence-electron chi connectivity index (χ3n) is 0.788. The van der Waals surface area contributed by atoms with Crippen LogP contribution in [0.3, 0.4) is 0 Å². The Hall–Kier alpha value is -0.530. The number of carbonyl (C=O) groups excluding carboxylic acids is 1. The molecule has 0 spiro atoms. The third kappa shape index (κ3) is 2.61. The molecule has 1 fully saturated rings. The molecule has 0 radical (unpaired) electrons. The lowest BCUT2D eigenvalue weighted by molar-refractivity contribution is -0.137. The second-order valence-corrected chi connectivity index (χ2v) is 1.32. The fourth-order valence-corrected chi connectivity index (χ4v) is 0.475. The van der Waals surface area contributed by atoms with E-state index >= 15 is 0 Å². The van der Waals surface area contributed by atoms with E-state index in [0.717, 1.165) is 6.42 Å². The summed E-state index contributed by atoms with van der Waals surface area (Å²) in [6, 6.07) is 0. The highest BCUT2D eigenvalue weighted by Gasteiger charge is 2.08. The zero-order valence-electron chi connectivity index (χ0n) is 5.44. The molecule has 8 heavy (non-hydrogen) atoms. The Morgan fingerprint density at radius 1 is 1.50 bits per heavy atom. The fraction of sp³-hybridized carbons (Fsp3) is 0.833. The normalized spacial score (nSPS) is 16.5. The molecule has 0 amide bonds. The largest absolute Gasteiger partial charge is 0.466 e. The number of rotatable bonds is 0. The van der Waals surface area contributed by atoms with Gasteiger partial charge in [0.1, 0.15) is 0 Å². The molecule has 1 aliphatic rings. The molecule has 48 valence electrons. The lowest BCUT2D eigenvalue weighted by Crippen LogP contribution is -1.88. The summed E-state index contributed by atoms with van der Waals surface area (Å²) in [4.78, 5) is 10.0. The molecule has 0 N–H and O–H groups in total. The average Bonchev–Trinajstić information content (AvgIpc) is 2.24. The van der Waals surface area contributed by atoms with E-state index in [0.29, 0.717) is 13.0 Å². The van der Waals surface area contributed by atoms with Gasteiger partial charge in [-0.05, 0) is 6.42 Å². The summed E-state index contributed by atoms with van der Waals surface area (Å²) in [7, 11) is 0. The Kier molecular flexibility index (Phi) is 4.32. The van der Waals surface area contributed by atoms with Gasteiger partial charge in [-0.3, -0.25) is 4.79 Å². The first-order valence-corrected chi connectivity index (χ1v) is 3.05. The molecule has 1 rings (SSSR count). The number of esters is 1. The standard InChI is InChI=1S/C4H6O2.C2H6/c5-4-2-1-3-6-4;1-2/h1-3H2;1-2H3. The SMILES string of the molecule is CC.O=C1CCCO1. The summed E-state index contributed by atoms with van der Waals surface area (Å²) in [5, 5.41) is 0. The van der Waals surface area contributed by atoms with Gasteiger partial charge in [-0.25, -0.2) is 0 Å². The molecular formula is C6H12O2. The van der Waals surface area contributed by atoms with Crippen molar-refractivity contribution in [1.82, 2.24) is 0 Å². The first-order valence-electron chi connectivity index (χ1n) is 3.05. The molecule has 1 heterocycles. The van der Waals surface area contributed by atoms with E-state index in [4.69, 9.17) is 0 Å². The van der Waals surface area contributed by atoms with Crippen molar-refractivity contribution in [1.29, 1.82) is 0 Å². The lowest BCUT2D eigenvalue weighted by Gasteiger charge is -1.81. The smallest absolute Gasteiger partial charge is 0.305 e. The van der Waals surface area contributed by atoms with Crippen molar-refractivity contribution >= 4 is 5.97 Å². The van der Waals surface area contributed by atoms with Crippen LogP contribution in [-0.4, -0.2) is 12.6 Å². The molecule has 0 aromatic carbocycles. The molecule has 0 aromatic heterocycles. The van der Waals surface area contributed by atoms with Gasteiger partial charge in [0.05, 0.1) is 6.61 Å². The highest BCUT2D eigenvalue weighted by molar-refractivity contribution is 5.70. The molecule has 1 aliphatic heterocycles. The van der Waals surface area contributed by atoms with Crippen LogP contribution in [0.4, 0.5) is 0 Å². The molecule has 0 bridgehead atoms. The van der Waals surface area contributed by atoms with Gasteiger partial charge in [-0.15, -0.1) is 0 Å². The molecule has 0 saturated carbocycles. The van der Waals surface area contributed by atoms with Gasteiger partial charge < -0.3 is 4.74 Å². The van der Waals surface area contributed by atoms with Crippen LogP contribution in [0.5, 0.6) is 0 Å². The first kappa shape index (κ1) is 7.47. The van der Waals surface area contributed by atoms with Crippen molar-refractivity contribution in [2.75, 3.05) is 6.61 Å². The number of ether oxygens (including phenoxy) is 1. The van der Waals surface area contributed by atoms with Crippen molar-refractivity contribution in [2.24, 2.45) is 0 Å². The van der Waals surface area contributed by atoms with Crippen LogP contribution >= 0.6 is 0 Å². The summed E-state index contributed by atoms with van der Waals surface area (Å²) in [5.74, 6) is -0.0463. The van der Waals surface area contributed by atoms with Crippen LogP contribution in [0.2, 0.25) is 0 Å². The van der Waals surface area contributed by atoms with Gasteiger partial charge in [0.15, 0.2) is 0 Å². The van der Waals surface area contributed by atoms with Gasteiger partial charge in [-0.1, -0.05) is 13.8 Å². The zero-order chi connectivity index (χ0) is 6.41. The highest BCUT2D eigenvalue weighted by atomic mass is 16.5. The molecule has 2 heteroatoms. The summed E-state index contributed by atoms with van der Waals surface area (Å²) in [6.45, 7) is 4.64. The minimum Gasteiger partial charge on any atom is -0.466 e. The number of hydrogen-bond donors (Lipinski definition) is 0. The van der Waals surface area contributed by atoms with Gasteiger partial charge in [0.2, 0.25) is 0 Å². The topological polar surface area (TPSA) is 26.3 Å². The maximum absolute atomic E-state index is 10.0. The van der Waals surface area contributed by atoms with Gasteiger partial charge >= 0.3 is 5.97 Å². The van der Waals surface area contributed by atoms with Crippen LogP contribution in [0.15, 0.2) is 0 Å². The van der Waals surface area contributed by atoms with Crippen LogP contribution in [0, 0.1) is 0 Å². The van der Waals surface area contributed by atoms with E-state index in [1.807, 2.05) is 13.8 Å². The maximum Gasteiger partial charge on any atom is 0.305 e. The molecule has 0 aliphatic carbocycles. The van der Waals surface area contributed by atoms with Crippen LogP contribution in [0.25, 0.3) is 0 Å². The predicted molar refractivity (Wildman–Crippen MR) is 31.5 cm³/mol. The molecule has 0 unspecified atom stereocenters. The molecule has 2 nitrogen and oxygen atoms in total. The van der Waals surface area contributed by atoms with E-state index < -0.39 is 0 Å². The Bertz CT molecular complexity index is 60.9. The van der Waals surface area contributed by atoms with E-state index in [1.54, 1.807) is 0 Å². The van der Waals surface area contributed by atoms with E-state index in [9.17, 15) is 4.79 Å². The van der Waals surface area contributed by atoms with Gasteiger partial charge in [-0.2, -0.15) is 0 Å². The Morgan fingerprint density at radius 2 is 2.12 bits per heavy atom. The summed E-state index contributed by atoms with van der Waals surface area (Å²) >= 11 is 0. The van der Waals surface area contributed by atoms with Crippen LogP contribution in [-0.2, 0) is 9.53 Å². The molecule has 0 aromatic rings. The number of carbonyl (C=O) groups is 1. The minimum atomic E-state index is -0.0463. The minimum absolute atomic E-state index is 0.0463. The van der Waals surface area contributed by atoms with Crippen molar-refractivity contribution in [3.05, 3.63) is 0 Å². The second kappa shape index (κ2) is 4.62. The molecular weight excluding hydrogens is 104 g/mol. The van der Waals surface area contributed by atoms with Crippen molar-refractivity contribution < 1.29 is 9.53 Å². The van der Waals surface area contributed by atoms with Crippen LogP contribution < -0.4 is 0 Å². The Morgan fingerprint density at radius 3 is 2.25 bits per heavy atom. The fourth-order valence-electron chi connectivity index (χ4n) is 0.475. The quantitative estimate of drug-likeness (QED) is 0.446. The lowest BCUT2D eigenvalue weighted by atomic mass is 10.4. The number of hydrogen-bond acceptors (Lipinski definition) is 2. The highest BCUT2D eigenvalue weighted by Crippen LogP contribution is 2.01. The van der Waals surface area contributed by atoms with Crippen molar-refractivity contribution in [2.45, 2.75) is 26.7 Å². The third-order valence-corrected chi connectivity index (χ3v) is 0.788.